The molecule has 0 spiro atoms. The highest BCUT2D eigenvalue weighted by atomic mass is 32.1. The first-order chi connectivity index (χ1) is 9.51. The van der Waals surface area contributed by atoms with Crippen molar-refractivity contribution >= 4 is 23.2 Å². The minimum Gasteiger partial charge on any atom is -0.481 e. The fourth-order valence-electron chi connectivity index (χ4n) is 2.72. The van der Waals surface area contributed by atoms with Crippen LogP contribution in [-0.2, 0) is 11.2 Å². The van der Waals surface area contributed by atoms with Gasteiger partial charge in [0.05, 0.1) is 10.8 Å². The van der Waals surface area contributed by atoms with Crippen molar-refractivity contribution in [3.05, 3.63) is 21.4 Å². The maximum Gasteiger partial charge on any atom is 0.306 e. The summed E-state index contributed by atoms with van der Waals surface area (Å²) in [6.07, 6.45) is 3.77. The number of aryl methyl sites for hydroxylation is 2. The van der Waals surface area contributed by atoms with Crippen LogP contribution in [0, 0.1) is 12.8 Å². The topological polar surface area (TPSA) is 66.4 Å². The van der Waals surface area contributed by atoms with Crippen LogP contribution in [0.25, 0.3) is 0 Å². The number of hydrogen-bond donors (Lipinski definition) is 2. The van der Waals surface area contributed by atoms with Gasteiger partial charge >= 0.3 is 5.97 Å². The minimum absolute atomic E-state index is 0.0171. The lowest BCUT2D eigenvalue weighted by molar-refractivity contribution is -0.142. The van der Waals surface area contributed by atoms with E-state index in [-0.39, 0.29) is 17.9 Å². The first-order valence-electron chi connectivity index (χ1n) is 7.14. The third-order valence-electron chi connectivity index (χ3n) is 4.04. The van der Waals surface area contributed by atoms with E-state index >= 15 is 0 Å². The molecule has 1 aliphatic rings. The van der Waals surface area contributed by atoms with Crippen LogP contribution < -0.4 is 5.32 Å². The number of aliphatic carboxylic acids is 1. The van der Waals surface area contributed by atoms with Gasteiger partial charge in [0.2, 0.25) is 0 Å². The Kier molecular flexibility index (Phi) is 4.81. The van der Waals surface area contributed by atoms with E-state index in [9.17, 15) is 9.59 Å². The monoisotopic (exact) mass is 295 g/mol. The van der Waals surface area contributed by atoms with Crippen LogP contribution in [0.1, 0.15) is 52.7 Å². The van der Waals surface area contributed by atoms with Crippen LogP contribution in [0.4, 0.5) is 0 Å². The molecule has 0 bridgehead atoms. The Hall–Kier alpha value is -1.36. The van der Waals surface area contributed by atoms with E-state index in [0.29, 0.717) is 12.8 Å². The molecule has 1 aromatic heterocycles. The molecule has 20 heavy (non-hydrogen) atoms. The van der Waals surface area contributed by atoms with Gasteiger partial charge in [-0.2, -0.15) is 0 Å². The predicted molar refractivity (Wildman–Crippen MR) is 79.3 cm³/mol. The van der Waals surface area contributed by atoms with Crippen molar-refractivity contribution in [2.45, 2.75) is 52.0 Å². The Bertz CT molecular complexity index is 501. The molecule has 0 radical (unpaired) electrons. The Morgan fingerprint density at radius 3 is 2.50 bits per heavy atom. The number of carbonyl (C=O) groups excluding carboxylic acids is 1. The molecule has 1 amide bonds. The quantitative estimate of drug-likeness (QED) is 0.897. The highest BCUT2D eigenvalue weighted by Gasteiger charge is 2.27. The van der Waals surface area contributed by atoms with Gasteiger partial charge in [0, 0.05) is 10.9 Å². The molecule has 2 rings (SSSR count). The van der Waals surface area contributed by atoms with Gasteiger partial charge in [0.25, 0.3) is 5.91 Å². The summed E-state index contributed by atoms with van der Waals surface area (Å²) < 4.78 is 0. The molecule has 110 valence electrons. The third-order valence-corrected chi connectivity index (χ3v) is 5.13. The first-order valence-corrected chi connectivity index (χ1v) is 7.95. The molecule has 0 atom stereocenters. The molecule has 1 fully saturated rings. The smallest absolute Gasteiger partial charge is 0.306 e. The second-order valence-corrected chi connectivity index (χ2v) is 6.66. The second kappa shape index (κ2) is 6.39. The molecule has 0 aromatic carbocycles. The van der Waals surface area contributed by atoms with Crippen molar-refractivity contribution in [2.75, 3.05) is 0 Å². The zero-order chi connectivity index (χ0) is 14.7. The van der Waals surface area contributed by atoms with E-state index in [2.05, 4.69) is 12.2 Å². The van der Waals surface area contributed by atoms with E-state index in [1.54, 1.807) is 0 Å². The van der Waals surface area contributed by atoms with Crippen molar-refractivity contribution < 1.29 is 14.7 Å². The number of nitrogens with one attached hydrogen (secondary N) is 1. The van der Waals surface area contributed by atoms with Gasteiger partial charge in [-0.1, -0.05) is 6.92 Å². The number of carbonyl (C=O) groups is 2. The summed E-state index contributed by atoms with van der Waals surface area (Å²) in [5, 5.41) is 12.0. The number of rotatable bonds is 4. The van der Waals surface area contributed by atoms with Crippen LogP contribution in [0.3, 0.4) is 0 Å². The molecular formula is C15H21NO3S. The van der Waals surface area contributed by atoms with Gasteiger partial charge in [0.15, 0.2) is 0 Å². The number of hydrogen-bond acceptors (Lipinski definition) is 3. The maximum absolute atomic E-state index is 12.2. The van der Waals surface area contributed by atoms with Gasteiger partial charge in [-0.15, -0.1) is 11.3 Å². The lowest BCUT2D eigenvalue weighted by atomic mass is 9.86. The zero-order valence-corrected chi connectivity index (χ0v) is 12.8. The molecule has 1 aromatic rings. The molecule has 1 saturated carbocycles. The predicted octanol–water partition coefficient (Wildman–Crippen LogP) is 2.99. The fraction of sp³-hybridized carbons (Fsp3) is 0.600. The van der Waals surface area contributed by atoms with Gasteiger partial charge in [-0.3, -0.25) is 9.59 Å². The molecule has 2 N–H and O–H groups in total. The van der Waals surface area contributed by atoms with Crippen molar-refractivity contribution in [1.82, 2.24) is 5.32 Å². The Balaban J connectivity index is 1.90. The number of carboxylic acids is 1. The minimum atomic E-state index is -0.712. The standard InChI is InChI=1S/C15H21NO3S/c1-3-10-8-13(20-9(10)2)14(17)16-12-6-4-11(5-7-12)15(18)19/h8,11-12H,3-7H2,1-2H3,(H,16,17)(H,18,19). The summed E-state index contributed by atoms with van der Waals surface area (Å²) in [7, 11) is 0. The Labute approximate surface area is 123 Å². The van der Waals surface area contributed by atoms with Crippen LogP contribution in [0.2, 0.25) is 0 Å². The van der Waals surface area contributed by atoms with E-state index in [1.807, 2.05) is 13.0 Å². The molecule has 0 saturated heterocycles. The summed E-state index contributed by atoms with van der Waals surface area (Å²) in [6, 6.07) is 2.09. The Morgan fingerprint density at radius 2 is 2.00 bits per heavy atom. The molecule has 0 unspecified atom stereocenters. The second-order valence-electron chi connectivity index (χ2n) is 5.41. The lowest BCUT2D eigenvalue weighted by Crippen LogP contribution is -2.38. The molecular weight excluding hydrogens is 274 g/mol. The molecule has 0 aliphatic heterocycles. The molecule has 4 nitrogen and oxygen atoms in total. The average molecular weight is 295 g/mol. The number of thiophene rings is 1. The highest BCUT2D eigenvalue weighted by Crippen LogP contribution is 2.26. The molecule has 5 heteroatoms. The molecule has 1 heterocycles. The highest BCUT2D eigenvalue weighted by molar-refractivity contribution is 7.14. The van der Waals surface area contributed by atoms with E-state index in [4.69, 9.17) is 5.11 Å². The van der Waals surface area contributed by atoms with Gasteiger partial charge in [-0.25, -0.2) is 0 Å². The maximum atomic E-state index is 12.2. The number of amides is 1. The summed E-state index contributed by atoms with van der Waals surface area (Å²) in [6.45, 7) is 4.13. The summed E-state index contributed by atoms with van der Waals surface area (Å²) in [4.78, 5) is 25.0. The third kappa shape index (κ3) is 3.39. The lowest BCUT2D eigenvalue weighted by Gasteiger charge is -2.26. The van der Waals surface area contributed by atoms with Crippen LogP contribution in [0.15, 0.2) is 6.07 Å². The zero-order valence-electron chi connectivity index (χ0n) is 11.9. The van der Waals surface area contributed by atoms with Crippen molar-refractivity contribution in [1.29, 1.82) is 0 Å². The Morgan fingerprint density at radius 1 is 1.35 bits per heavy atom. The summed E-state index contributed by atoms with van der Waals surface area (Å²) >= 11 is 1.53. The molecule has 1 aliphatic carbocycles. The average Bonchev–Trinajstić information content (AvgIpc) is 2.80. The van der Waals surface area contributed by atoms with Crippen molar-refractivity contribution in [3.8, 4) is 0 Å². The summed E-state index contributed by atoms with van der Waals surface area (Å²) in [5.74, 6) is -0.966. The van der Waals surface area contributed by atoms with E-state index < -0.39 is 5.97 Å². The summed E-state index contributed by atoms with van der Waals surface area (Å²) in [5.41, 5.74) is 1.23. The largest absolute Gasteiger partial charge is 0.481 e. The van der Waals surface area contributed by atoms with E-state index in [1.165, 1.54) is 21.8 Å². The van der Waals surface area contributed by atoms with Gasteiger partial charge in [0.1, 0.15) is 0 Å². The van der Waals surface area contributed by atoms with Gasteiger partial charge in [-0.05, 0) is 50.7 Å². The van der Waals surface area contributed by atoms with Gasteiger partial charge < -0.3 is 10.4 Å². The van der Waals surface area contributed by atoms with Crippen LogP contribution in [-0.4, -0.2) is 23.0 Å². The van der Waals surface area contributed by atoms with Crippen LogP contribution >= 0.6 is 11.3 Å². The first kappa shape index (κ1) is 15.0. The normalized spacial score (nSPS) is 22.5. The van der Waals surface area contributed by atoms with Crippen molar-refractivity contribution in [2.24, 2.45) is 5.92 Å². The SMILES string of the molecule is CCc1cc(C(=O)NC2CCC(C(=O)O)CC2)sc1C. The van der Waals surface area contributed by atoms with E-state index in [0.717, 1.165) is 24.1 Å². The number of carboxylic acid groups (broad SMARTS) is 1. The van der Waals surface area contributed by atoms with Crippen LogP contribution in [0.5, 0.6) is 0 Å². The fourth-order valence-corrected chi connectivity index (χ4v) is 3.74. The van der Waals surface area contributed by atoms with Crippen molar-refractivity contribution in [3.63, 3.8) is 0 Å².